The van der Waals surface area contributed by atoms with Gasteiger partial charge in [0.1, 0.15) is 5.51 Å². The Bertz CT molecular complexity index is 1230. The Labute approximate surface area is 194 Å². The second-order valence-electron chi connectivity index (χ2n) is 7.11. The zero-order valence-corrected chi connectivity index (χ0v) is 19.3. The second kappa shape index (κ2) is 9.79. The minimum Gasteiger partial charge on any atom is -0.325 e. The number of carbonyl (C=O) groups is 1. The number of nitrogens with zero attached hydrogens (tertiary/aromatic N) is 4. The van der Waals surface area contributed by atoms with Crippen LogP contribution in [0.25, 0.3) is 0 Å². The molecule has 1 aliphatic heterocycles. The van der Waals surface area contributed by atoms with Crippen molar-refractivity contribution in [3.8, 4) is 6.07 Å². The molecule has 8 nitrogen and oxygen atoms in total. The van der Waals surface area contributed by atoms with Crippen molar-refractivity contribution in [1.29, 1.82) is 5.26 Å². The van der Waals surface area contributed by atoms with Crippen LogP contribution in [0.5, 0.6) is 0 Å². The maximum Gasteiger partial charge on any atom is 0.243 e. The highest BCUT2D eigenvalue weighted by Crippen LogP contribution is 2.34. The van der Waals surface area contributed by atoms with E-state index < -0.39 is 10.0 Å². The molecule has 1 aliphatic rings. The molecule has 1 saturated heterocycles. The van der Waals surface area contributed by atoms with Gasteiger partial charge in [-0.2, -0.15) is 9.57 Å². The Morgan fingerprint density at radius 3 is 2.53 bits per heavy atom. The van der Waals surface area contributed by atoms with Crippen LogP contribution in [0.2, 0.25) is 0 Å². The molecule has 1 fully saturated rings. The first-order valence-corrected chi connectivity index (χ1v) is 13.0. The van der Waals surface area contributed by atoms with E-state index in [1.807, 2.05) is 30.3 Å². The minimum atomic E-state index is -3.65. The van der Waals surface area contributed by atoms with Gasteiger partial charge in [0, 0.05) is 23.9 Å². The zero-order chi connectivity index (χ0) is 22.6. The standard InChI is InChI=1S/C21H19N5O3S3/c22-13-15-5-7-17(8-6-15)32(28,29)26-11-9-16(10-12-26)20(27)24-18-3-1-2-4-19(18)31-21-25-23-14-30-21/h1-8,14,16H,9-12H2,(H,24,27). The van der Waals surface area contributed by atoms with Gasteiger partial charge in [-0.15, -0.1) is 10.2 Å². The highest BCUT2D eigenvalue weighted by Gasteiger charge is 2.32. The molecule has 3 aromatic rings. The van der Waals surface area contributed by atoms with Crippen LogP contribution in [-0.2, 0) is 14.8 Å². The summed E-state index contributed by atoms with van der Waals surface area (Å²) in [6.45, 7) is 0.531. The molecule has 1 N–H and O–H groups in total. The van der Waals surface area contributed by atoms with Gasteiger partial charge in [-0.25, -0.2) is 8.42 Å². The molecule has 0 unspecified atom stereocenters. The van der Waals surface area contributed by atoms with Crippen LogP contribution in [0.3, 0.4) is 0 Å². The molecular weight excluding hydrogens is 466 g/mol. The molecule has 0 saturated carbocycles. The van der Waals surface area contributed by atoms with E-state index in [1.54, 1.807) is 5.51 Å². The normalized spacial score (nSPS) is 15.2. The number of carbonyl (C=O) groups excluding carboxylic acids is 1. The predicted molar refractivity (Wildman–Crippen MR) is 122 cm³/mol. The lowest BCUT2D eigenvalue weighted by Gasteiger charge is -2.30. The van der Waals surface area contributed by atoms with E-state index in [-0.39, 0.29) is 29.8 Å². The van der Waals surface area contributed by atoms with Gasteiger partial charge in [0.2, 0.25) is 15.9 Å². The summed E-state index contributed by atoms with van der Waals surface area (Å²) in [4.78, 5) is 13.9. The Hall–Kier alpha value is -2.78. The molecule has 0 atom stereocenters. The van der Waals surface area contributed by atoms with Crippen LogP contribution in [0.4, 0.5) is 5.69 Å². The van der Waals surface area contributed by atoms with Crippen molar-refractivity contribution in [1.82, 2.24) is 14.5 Å². The van der Waals surface area contributed by atoms with Crippen molar-refractivity contribution in [3.63, 3.8) is 0 Å². The first-order chi connectivity index (χ1) is 15.5. The Morgan fingerprint density at radius 1 is 1.16 bits per heavy atom. The largest absolute Gasteiger partial charge is 0.325 e. The summed E-state index contributed by atoms with van der Waals surface area (Å²) in [6.07, 6.45) is 0.875. The van der Waals surface area contributed by atoms with Crippen LogP contribution in [0, 0.1) is 17.2 Å². The molecule has 11 heteroatoms. The molecule has 2 aromatic carbocycles. The average Bonchev–Trinajstić information content (AvgIpc) is 3.33. The van der Waals surface area contributed by atoms with Crippen molar-refractivity contribution in [2.75, 3.05) is 18.4 Å². The monoisotopic (exact) mass is 485 g/mol. The van der Waals surface area contributed by atoms with Crippen molar-refractivity contribution in [2.45, 2.75) is 27.0 Å². The number of hydrogen-bond donors (Lipinski definition) is 1. The average molecular weight is 486 g/mol. The lowest BCUT2D eigenvalue weighted by atomic mass is 9.97. The van der Waals surface area contributed by atoms with E-state index in [1.165, 1.54) is 51.7 Å². The van der Waals surface area contributed by atoms with Gasteiger partial charge in [0.05, 0.1) is 22.2 Å². The zero-order valence-electron chi connectivity index (χ0n) is 16.8. The predicted octanol–water partition coefficient (Wildman–Crippen LogP) is 3.60. The summed E-state index contributed by atoms with van der Waals surface area (Å²) >= 11 is 2.86. The van der Waals surface area contributed by atoms with E-state index >= 15 is 0 Å². The number of amides is 1. The molecule has 0 aliphatic carbocycles. The fraction of sp³-hybridized carbons (Fsp3) is 0.238. The smallest absolute Gasteiger partial charge is 0.243 e. The molecule has 1 aromatic heterocycles. The number of piperidine rings is 1. The highest BCUT2D eigenvalue weighted by atomic mass is 32.2. The quantitative estimate of drug-likeness (QED) is 0.567. The first kappa shape index (κ1) is 22.4. The lowest BCUT2D eigenvalue weighted by molar-refractivity contribution is -0.120. The number of hydrogen-bond acceptors (Lipinski definition) is 8. The van der Waals surface area contributed by atoms with E-state index in [4.69, 9.17) is 5.26 Å². The summed E-state index contributed by atoms with van der Waals surface area (Å²) in [7, 11) is -3.65. The number of benzene rings is 2. The van der Waals surface area contributed by atoms with Gasteiger partial charge < -0.3 is 5.32 Å². The molecule has 164 valence electrons. The Morgan fingerprint density at radius 2 is 1.88 bits per heavy atom. The summed E-state index contributed by atoms with van der Waals surface area (Å²) in [5, 5.41) is 19.7. The number of para-hydroxylation sites is 1. The number of nitriles is 1. The molecular formula is C21H19N5O3S3. The van der Waals surface area contributed by atoms with Gasteiger partial charge in [-0.3, -0.25) is 4.79 Å². The van der Waals surface area contributed by atoms with Crippen molar-refractivity contribution < 1.29 is 13.2 Å². The van der Waals surface area contributed by atoms with Crippen molar-refractivity contribution in [2.24, 2.45) is 5.92 Å². The Kier molecular flexibility index (Phi) is 6.86. The topological polar surface area (TPSA) is 116 Å². The van der Waals surface area contributed by atoms with E-state index in [2.05, 4.69) is 15.5 Å². The first-order valence-electron chi connectivity index (χ1n) is 9.81. The fourth-order valence-corrected chi connectivity index (χ4v) is 6.40. The van der Waals surface area contributed by atoms with Crippen LogP contribution >= 0.6 is 23.1 Å². The molecule has 0 radical (unpaired) electrons. The number of anilines is 1. The number of nitrogens with one attached hydrogen (secondary N) is 1. The van der Waals surface area contributed by atoms with Crippen LogP contribution in [-0.4, -0.2) is 41.9 Å². The number of rotatable bonds is 6. The van der Waals surface area contributed by atoms with Crippen molar-refractivity contribution in [3.05, 3.63) is 59.6 Å². The molecule has 2 heterocycles. The van der Waals surface area contributed by atoms with E-state index in [0.717, 1.165) is 9.24 Å². The summed E-state index contributed by atoms with van der Waals surface area (Å²) < 4.78 is 27.9. The lowest BCUT2D eigenvalue weighted by Crippen LogP contribution is -2.41. The highest BCUT2D eigenvalue weighted by molar-refractivity contribution is 8.01. The summed E-state index contributed by atoms with van der Waals surface area (Å²) in [5.41, 5.74) is 2.76. The molecule has 32 heavy (non-hydrogen) atoms. The van der Waals surface area contributed by atoms with Gasteiger partial charge in [-0.05, 0) is 49.2 Å². The molecule has 0 spiro atoms. The van der Waals surface area contributed by atoms with Gasteiger partial charge >= 0.3 is 0 Å². The molecule has 0 bridgehead atoms. The minimum absolute atomic E-state index is 0.120. The fourth-order valence-electron chi connectivity index (χ4n) is 3.40. The SMILES string of the molecule is N#Cc1ccc(S(=O)(=O)N2CCC(C(=O)Nc3ccccc3Sc3nncs3)CC2)cc1. The van der Waals surface area contributed by atoms with Gasteiger partial charge in [0.15, 0.2) is 4.34 Å². The van der Waals surface area contributed by atoms with E-state index in [0.29, 0.717) is 24.1 Å². The molecule has 4 rings (SSSR count). The van der Waals surface area contributed by atoms with Crippen molar-refractivity contribution >= 4 is 44.7 Å². The van der Waals surface area contributed by atoms with Crippen LogP contribution in [0.15, 0.2) is 68.2 Å². The van der Waals surface area contributed by atoms with Crippen LogP contribution in [0.1, 0.15) is 18.4 Å². The second-order valence-corrected chi connectivity index (χ2v) is 11.2. The van der Waals surface area contributed by atoms with Crippen LogP contribution < -0.4 is 5.32 Å². The van der Waals surface area contributed by atoms with Gasteiger partial charge in [0.25, 0.3) is 0 Å². The maximum absolute atomic E-state index is 12.9. The van der Waals surface area contributed by atoms with E-state index in [9.17, 15) is 13.2 Å². The summed E-state index contributed by atoms with van der Waals surface area (Å²) in [6, 6.07) is 15.3. The third kappa shape index (κ3) is 4.99. The summed E-state index contributed by atoms with van der Waals surface area (Å²) in [5.74, 6) is -0.396. The molecule has 1 amide bonds. The number of aromatic nitrogens is 2. The third-order valence-electron chi connectivity index (χ3n) is 5.13. The number of sulfonamides is 1. The maximum atomic E-state index is 12.9. The Balaban J connectivity index is 1.38. The van der Waals surface area contributed by atoms with Gasteiger partial charge in [-0.1, -0.05) is 35.2 Å². The third-order valence-corrected chi connectivity index (χ3v) is 8.89.